The number of ether oxygens (including phenoxy) is 1. The number of phenolic OH excluding ortho intramolecular Hbond substituents is 1. The summed E-state index contributed by atoms with van der Waals surface area (Å²) in [7, 11) is 1.63. The van der Waals surface area contributed by atoms with Crippen LogP contribution in [0.1, 0.15) is 36.5 Å². The van der Waals surface area contributed by atoms with Crippen LogP contribution in [0.25, 0.3) is 12.2 Å². The van der Waals surface area contributed by atoms with Crippen molar-refractivity contribution in [3.63, 3.8) is 0 Å². The largest absolute Gasteiger partial charge is 0.507 e. The van der Waals surface area contributed by atoms with Crippen LogP contribution in [0.4, 0.5) is 0 Å². The lowest BCUT2D eigenvalue weighted by molar-refractivity contribution is 0.396. The summed E-state index contributed by atoms with van der Waals surface area (Å²) < 4.78 is 5.39. The predicted octanol–water partition coefficient (Wildman–Crippen LogP) is 4.69. The Morgan fingerprint density at radius 3 is 2.25 bits per heavy atom. The van der Waals surface area contributed by atoms with Crippen LogP contribution < -0.4 is 4.74 Å². The lowest BCUT2D eigenvalue weighted by atomic mass is 9.98. The minimum atomic E-state index is 0.220. The Morgan fingerprint density at radius 1 is 1.00 bits per heavy atom. The van der Waals surface area contributed by atoms with Crippen molar-refractivity contribution >= 4 is 12.2 Å². The Kier molecular flexibility index (Phi) is 4.46. The molecule has 0 heterocycles. The minimum Gasteiger partial charge on any atom is -0.507 e. The van der Waals surface area contributed by atoms with Crippen molar-refractivity contribution < 1.29 is 9.84 Å². The van der Waals surface area contributed by atoms with Crippen molar-refractivity contribution in [1.29, 1.82) is 0 Å². The third-order valence-corrected chi connectivity index (χ3v) is 3.21. The van der Waals surface area contributed by atoms with Gasteiger partial charge in [-0.15, -0.1) is 0 Å². The van der Waals surface area contributed by atoms with Gasteiger partial charge in [0, 0.05) is 5.56 Å². The Bertz CT molecular complexity index is 598. The van der Waals surface area contributed by atoms with Gasteiger partial charge in [-0.3, -0.25) is 0 Å². The first kappa shape index (κ1) is 14.2. The average molecular weight is 268 g/mol. The summed E-state index contributed by atoms with van der Waals surface area (Å²) in [5.41, 5.74) is 2.90. The van der Waals surface area contributed by atoms with Crippen LogP contribution in [-0.4, -0.2) is 12.2 Å². The van der Waals surface area contributed by atoms with Gasteiger partial charge in [-0.05, 0) is 29.2 Å². The van der Waals surface area contributed by atoms with E-state index in [9.17, 15) is 5.11 Å². The van der Waals surface area contributed by atoms with Crippen LogP contribution in [0, 0.1) is 0 Å². The monoisotopic (exact) mass is 268 g/mol. The molecule has 2 heteroatoms. The third kappa shape index (κ3) is 3.21. The third-order valence-electron chi connectivity index (χ3n) is 3.21. The van der Waals surface area contributed by atoms with Crippen LogP contribution in [-0.2, 0) is 0 Å². The number of phenols is 1. The molecule has 0 bridgehead atoms. The van der Waals surface area contributed by atoms with Gasteiger partial charge in [-0.25, -0.2) is 0 Å². The maximum absolute atomic E-state index is 10.2. The highest BCUT2D eigenvalue weighted by Crippen LogP contribution is 2.36. The molecule has 1 N–H and O–H groups in total. The molecular weight excluding hydrogens is 248 g/mol. The molecule has 0 spiro atoms. The second kappa shape index (κ2) is 6.29. The molecule has 20 heavy (non-hydrogen) atoms. The van der Waals surface area contributed by atoms with Gasteiger partial charge in [-0.1, -0.05) is 56.3 Å². The molecule has 0 aliphatic carbocycles. The first-order chi connectivity index (χ1) is 9.61. The highest BCUT2D eigenvalue weighted by atomic mass is 16.5. The van der Waals surface area contributed by atoms with Gasteiger partial charge in [0.15, 0.2) is 0 Å². The second-order valence-corrected chi connectivity index (χ2v) is 5.05. The van der Waals surface area contributed by atoms with Gasteiger partial charge in [0.2, 0.25) is 0 Å². The maximum atomic E-state index is 10.2. The number of hydrogen-bond acceptors (Lipinski definition) is 2. The van der Waals surface area contributed by atoms with E-state index < -0.39 is 0 Å². The lowest BCUT2D eigenvalue weighted by Gasteiger charge is -2.14. The van der Waals surface area contributed by atoms with Crippen molar-refractivity contribution in [3.05, 3.63) is 59.2 Å². The predicted molar refractivity (Wildman–Crippen MR) is 84.1 cm³/mol. The number of hydrogen-bond donors (Lipinski definition) is 1. The lowest BCUT2D eigenvalue weighted by Crippen LogP contribution is -1.95. The standard InChI is InChI=1S/C18H20O2/c1-13(2)18-16(19)11-15(12-17(18)20-3)10-9-14-7-5-4-6-8-14/h4-13,19H,1-3H3. The summed E-state index contributed by atoms with van der Waals surface area (Å²) in [5, 5.41) is 10.2. The first-order valence-corrected chi connectivity index (χ1v) is 6.76. The van der Waals surface area contributed by atoms with E-state index in [1.165, 1.54) is 0 Å². The molecule has 2 nitrogen and oxygen atoms in total. The van der Waals surface area contributed by atoms with E-state index in [4.69, 9.17) is 4.74 Å². The van der Waals surface area contributed by atoms with Gasteiger partial charge in [0.1, 0.15) is 11.5 Å². The van der Waals surface area contributed by atoms with E-state index in [1.807, 2.05) is 62.4 Å². The van der Waals surface area contributed by atoms with E-state index in [0.717, 1.165) is 22.4 Å². The first-order valence-electron chi connectivity index (χ1n) is 6.76. The zero-order chi connectivity index (χ0) is 14.5. The molecule has 0 radical (unpaired) electrons. The highest BCUT2D eigenvalue weighted by molar-refractivity contribution is 5.71. The molecule has 0 atom stereocenters. The summed E-state index contributed by atoms with van der Waals surface area (Å²) in [4.78, 5) is 0. The van der Waals surface area contributed by atoms with E-state index >= 15 is 0 Å². The van der Waals surface area contributed by atoms with Crippen LogP contribution >= 0.6 is 0 Å². The molecule has 0 saturated carbocycles. The normalized spacial score (nSPS) is 11.2. The highest BCUT2D eigenvalue weighted by Gasteiger charge is 2.13. The van der Waals surface area contributed by atoms with Crippen LogP contribution in [0.5, 0.6) is 11.5 Å². The van der Waals surface area contributed by atoms with Gasteiger partial charge >= 0.3 is 0 Å². The number of benzene rings is 2. The quantitative estimate of drug-likeness (QED) is 0.815. The fourth-order valence-corrected chi connectivity index (χ4v) is 2.23. The van der Waals surface area contributed by atoms with Crippen molar-refractivity contribution in [2.24, 2.45) is 0 Å². The molecule has 0 unspecified atom stereocenters. The van der Waals surface area contributed by atoms with Gasteiger partial charge in [0.05, 0.1) is 7.11 Å². The Balaban J connectivity index is 2.34. The maximum Gasteiger partial charge on any atom is 0.126 e. The molecule has 0 amide bonds. The summed E-state index contributed by atoms with van der Waals surface area (Å²) in [6.45, 7) is 4.08. The Labute approximate surface area is 120 Å². The smallest absolute Gasteiger partial charge is 0.126 e. The van der Waals surface area contributed by atoms with E-state index in [0.29, 0.717) is 0 Å². The molecule has 2 aromatic carbocycles. The van der Waals surface area contributed by atoms with E-state index in [-0.39, 0.29) is 11.7 Å². The average Bonchev–Trinajstić information content (AvgIpc) is 2.45. The summed E-state index contributed by atoms with van der Waals surface area (Å²) in [5.74, 6) is 1.23. The number of rotatable bonds is 4. The zero-order valence-corrected chi connectivity index (χ0v) is 12.1. The molecule has 0 fully saturated rings. The summed E-state index contributed by atoms with van der Waals surface area (Å²) >= 11 is 0. The van der Waals surface area contributed by atoms with Crippen LogP contribution in [0.15, 0.2) is 42.5 Å². The summed E-state index contributed by atoms with van der Waals surface area (Å²) in [6.07, 6.45) is 3.99. The zero-order valence-electron chi connectivity index (χ0n) is 12.1. The van der Waals surface area contributed by atoms with Crippen molar-refractivity contribution in [2.75, 3.05) is 7.11 Å². The fourth-order valence-electron chi connectivity index (χ4n) is 2.23. The van der Waals surface area contributed by atoms with Crippen molar-refractivity contribution in [3.8, 4) is 11.5 Å². The molecule has 0 aliphatic heterocycles. The second-order valence-electron chi connectivity index (χ2n) is 5.05. The van der Waals surface area contributed by atoms with Gasteiger partial charge in [-0.2, -0.15) is 0 Å². The molecule has 2 rings (SSSR count). The number of methoxy groups -OCH3 is 1. The minimum absolute atomic E-state index is 0.220. The van der Waals surface area contributed by atoms with Crippen molar-refractivity contribution in [2.45, 2.75) is 19.8 Å². The topological polar surface area (TPSA) is 29.5 Å². The molecule has 0 saturated heterocycles. The summed E-state index contributed by atoms with van der Waals surface area (Å²) in [6, 6.07) is 13.8. The fraction of sp³-hybridized carbons (Fsp3) is 0.222. The van der Waals surface area contributed by atoms with Crippen molar-refractivity contribution in [1.82, 2.24) is 0 Å². The van der Waals surface area contributed by atoms with Crippen LogP contribution in [0.2, 0.25) is 0 Å². The Morgan fingerprint density at radius 2 is 1.65 bits per heavy atom. The van der Waals surface area contributed by atoms with E-state index in [1.54, 1.807) is 13.2 Å². The van der Waals surface area contributed by atoms with Gasteiger partial charge < -0.3 is 9.84 Å². The van der Waals surface area contributed by atoms with Crippen LogP contribution in [0.3, 0.4) is 0 Å². The number of aromatic hydroxyl groups is 1. The van der Waals surface area contributed by atoms with E-state index in [2.05, 4.69) is 0 Å². The molecular formula is C18H20O2. The SMILES string of the molecule is COc1cc(C=Cc2ccccc2)cc(O)c1C(C)C. The molecule has 0 aliphatic rings. The molecule has 104 valence electrons. The molecule has 0 aromatic heterocycles. The molecule has 2 aromatic rings. The Hall–Kier alpha value is -2.22. The van der Waals surface area contributed by atoms with Gasteiger partial charge in [0.25, 0.3) is 0 Å².